The normalized spacial score (nSPS) is 17.2. The van der Waals surface area contributed by atoms with Crippen molar-refractivity contribution in [2.45, 2.75) is 12.5 Å². The highest BCUT2D eigenvalue weighted by atomic mass is 35.5. The van der Waals surface area contributed by atoms with E-state index < -0.39 is 0 Å². The number of carbonyl (C=O) groups excluding carboxylic acids is 1. The van der Waals surface area contributed by atoms with Gasteiger partial charge in [0.1, 0.15) is 0 Å². The lowest BCUT2D eigenvalue weighted by Crippen LogP contribution is -2.44. The molecule has 1 aromatic rings. The van der Waals surface area contributed by atoms with E-state index in [1.807, 2.05) is 31.3 Å². The zero-order valence-corrected chi connectivity index (χ0v) is 13.7. The number of ether oxygens (including phenoxy) is 1. The van der Waals surface area contributed by atoms with Crippen LogP contribution in [0.1, 0.15) is 18.0 Å². The van der Waals surface area contributed by atoms with Gasteiger partial charge in [-0.05, 0) is 24.7 Å². The van der Waals surface area contributed by atoms with Gasteiger partial charge < -0.3 is 15.4 Å². The van der Waals surface area contributed by atoms with Crippen LogP contribution in [0.4, 0.5) is 0 Å². The van der Waals surface area contributed by atoms with Crippen molar-refractivity contribution >= 4 is 17.5 Å². The summed E-state index contributed by atoms with van der Waals surface area (Å²) < 4.78 is 5.43. The number of amides is 1. The number of nitrogens with one attached hydrogen (secondary N) is 2. The quantitative estimate of drug-likeness (QED) is 0.796. The number of rotatable bonds is 7. The maximum Gasteiger partial charge on any atom is 0.221 e. The molecule has 1 saturated heterocycles. The van der Waals surface area contributed by atoms with E-state index in [1.165, 1.54) is 5.56 Å². The average molecular weight is 326 g/mol. The van der Waals surface area contributed by atoms with E-state index in [-0.39, 0.29) is 11.9 Å². The van der Waals surface area contributed by atoms with Gasteiger partial charge in [0, 0.05) is 37.6 Å². The van der Waals surface area contributed by atoms with Crippen LogP contribution in [0.2, 0.25) is 5.02 Å². The lowest BCUT2D eigenvalue weighted by Gasteiger charge is -2.35. The summed E-state index contributed by atoms with van der Waals surface area (Å²) in [6, 6.07) is 8.00. The largest absolute Gasteiger partial charge is 0.379 e. The van der Waals surface area contributed by atoms with Gasteiger partial charge in [-0.3, -0.25) is 9.69 Å². The molecule has 6 heteroatoms. The first kappa shape index (κ1) is 17.2. The molecule has 1 heterocycles. The monoisotopic (exact) mass is 325 g/mol. The van der Waals surface area contributed by atoms with Crippen LogP contribution >= 0.6 is 11.6 Å². The summed E-state index contributed by atoms with van der Waals surface area (Å²) in [5.74, 6) is 0.0709. The second-order valence-electron chi connectivity index (χ2n) is 5.37. The second kappa shape index (κ2) is 9.10. The molecule has 0 aromatic heterocycles. The summed E-state index contributed by atoms with van der Waals surface area (Å²) in [5.41, 5.74) is 1.17. The Hall–Kier alpha value is -1.14. The molecule has 2 rings (SSSR count). The van der Waals surface area contributed by atoms with Gasteiger partial charge in [-0.15, -0.1) is 0 Å². The number of carbonyl (C=O) groups is 1. The van der Waals surface area contributed by atoms with Crippen LogP contribution in [0.15, 0.2) is 24.3 Å². The first-order valence-electron chi connectivity index (χ1n) is 7.69. The maximum absolute atomic E-state index is 11.9. The molecule has 1 aliphatic rings. The van der Waals surface area contributed by atoms with Gasteiger partial charge in [-0.2, -0.15) is 0 Å². The Morgan fingerprint density at radius 2 is 2.00 bits per heavy atom. The van der Waals surface area contributed by atoms with Crippen molar-refractivity contribution in [3.05, 3.63) is 34.9 Å². The number of hydrogen-bond donors (Lipinski definition) is 2. The van der Waals surface area contributed by atoms with Gasteiger partial charge in [0.15, 0.2) is 0 Å². The van der Waals surface area contributed by atoms with Crippen LogP contribution in [0.5, 0.6) is 0 Å². The minimum Gasteiger partial charge on any atom is -0.379 e. The van der Waals surface area contributed by atoms with Crippen molar-refractivity contribution < 1.29 is 9.53 Å². The number of morpholine rings is 1. The molecule has 0 radical (unpaired) electrons. The lowest BCUT2D eigenvalue weighted by atomic mass is 10.0. The Morgan fingerprint density at radius 3 is 2.64 bits per heavy atom. The molecule has 1 atom stereocenters. The molecule has 1 aromatic carbocycles. The van der Waals surface area contributed by atoms with Crippen molar-refractivity contribution in [3.8, 4) is 0 Å². The van der Waals surface area contributed by atoms with Crippen LogP contribution in [-0.4, -0.2) is 57.2 Å². The zero-order chi connectivity index (χ0) is 15.8. The SMILES string of the molecule is CNCCC(=O)NCC(c1ccc(Cl)cc1)N1CCOCC1. The third kappa shape index (κ3) is 5.25. The van der Waals surface area contributed by atoms with Gasteiger partial charge in [-0.1, -0.05) is 23.7 Å². The Morgan fingerprint density at radius 1 is 1.32 bits per heavy atom. The van der Waals surface area contributed by atoms with E-state index >= 15 is 0 Å². The Bertz CT molecular complexity index is 461. The van der Waals surface area contributed by atoms with Gasteiger partial charge >= 0.3 is 0 Å². The van der Waals surface area contributed by atoms with E-state index in [2.05, 4.69) is 15.5 Å². The molecule has 122 valence electrons. The molecule has 0 aliphatic carbocycles. The maximum atomic E-state index is 11.9. The molecule has 1 unspecified atom stereocenters. The van der Waals surface area contributed by atoms with Gasteiger partial charge in [-0.25, -0.2) is 0 Å². The third-order valence-electron chi connectivity index (χ3n) is 3.84. The predicted molar refractivity (Wildman–Crippen MR) is 88.1 cm³/mol. The Kier molecular flexibility index (Phi) is 7.12. The van der Waals surface area contributed by atoms with E-state index in [0.29, 0.717) is 19.5 Å². The summed E-state index contributed by atoms with van der Waals surface area (Å²) in [6.45, 7) is 4.51. The van der Waals surface area contributed by atoms with E-state index in [9.17, 15) is 4.79 Å². The molecule has 2 N–H and O–H groups in total. The van der Waals surface area contributed by atoms with Crippen molar-refractivity contribution in [2.24, 2.45) is 0 Å². The molecule has 0 saturated carbocycles. The third-order valence-corrected chi connectivity index (χ3v) is 4.09. The number of benzene rings is 1. The fourth-order valence-electron chi connectivity index (χ4n) is 2.57. The van der Waals surface area contributed by atoms with Crippen molar-refractivity contribution in [3.63, 3.8) is 0 Å². The second-order valence-corrected chi connectivity index (χ2v) is 5.81. The smallest absolute Gasteiger partial charge is 0.221 e. The van der Waals surface area contributed by atoms with Crippen molar-refractivity contribution in [1.29, 1.82) is 0 Å². The van der Waals surface area contributed by atoms with E-state index in [1.54, 1.807) is 0 Å². The van der Waals surface area contributed by atoms with Crippen LogP contribution < -0.4 is 10.6 Å². The highest BCUT2D eigenvalue weighted by Crippen LogP contribution is 2.23. The molecule has 1 aliphatic heterocycles. The summed E-state index contributed by atoms with van der Waals surface area (Å²) in [7, 11) is 1.84. The van der Waals surface area contributed by atoms with Crippen LogP contribution in [0, 0.1) is 0 Å². The minimum atomic E-state index is 0.0709. The molecule has 1 fully saturated rings. The van der Waals surface area contributed by atoms with Crippen LogP contribution in [0.25, 0.3) is 0 Å². The summed E-state index contributed by atoms with van der Waals surface area (Å²) in [6.07, 6.45) is 0.493. The molecule has 0 spiro atoms. The number of nitrogens with zero attached hydrogens (tertiary/aromatic N) is 1. The van der Waals surface area contributed by atoms with Crippen molar-refractivity contribution in [1.82, 2.24) is 15.5 Å². The summed E-state index contributed by atoms with van der Waals surface area (Å²) in [4.78, 5) is 14.2. The van der Waals surface area contributed by atoms with Gasteiger partial charge in [0.05, 0.1) is 19.3 Å². The van der Waals surface area contributed by atoms with Crippen LogP contribution in [0.3, 0.4) is 0 Å². The first-order chi connectivity index (χ1) is 10.7. The summed E-state index contributed by atoms with van der Waals surface area (Å²) in [5, 5.41) is 6.74. The first-order valence-corrected chi connectivity index (χ1v) is 8.07. The number of hydrogen-bond acceptors (Lipinski definition) is 4. The van der Waals surface area contributed by atoms with E-state index in [0.717, 1.165) is 31.3 Å². The molecule has 0 bridgehead atoms. The highest BCUT2D eigenvalue weighted by molar-refractivity contribution is 6.30. The molecule has 1 amide bonds. The summed E-state index contributed by atoms with van der Waals surface area (Å²) >= 11 is 5.98. The molecule has 22 heavy (non-hydrogen) atoms. The minimum absolute atomic E-state index is 0.0709. The predicted octanol–water partition coefficient (Wildman–Crippen LogP) is 1.44. The standard InChI is InChI=1S/C16H24ClN3O2/c1-18-7-6-16(21)19-12-15(20-8-10-22-11-9-20)13-2-4-14(17)5-3-13/h2-5,15,18H,6-12H2,1H3,(H,19,21). The zero-order valence-electron chi connectivity index (χ0n) is 13.0. The number of halogens is 1. The van der Waals surface area contributed by atoms with Crippen LogP contribution in [-0.2, 0) is 9.53 Å². The highest BCUT2D eigenvalue weighted by Gasteiger charge is 2.23. The molecule has 5 nitrogen and oxygen atoms in total. The van der Waals surface area contributed by atoms with Crippen molar-refractivity contribution in [2.75, 3.05) is 46.4 Å². The average Bonchev–Trinajstić information content (AvgIpc) is 2.55. The lowest BCUT2D eigenvalue weighted by molar-refractivity contribution is -0.121. The van der Waals surface area contributed by atoms with Gasteiger partial charge in [0.25, 0.3) is 0 Å². The fraction of sp³-hybridized carbons (Fsp3) is 0.562. The Balaban J connectivity index is 2.01. The van der Waals surface area contributed by atoms with Gasteiger partial charge in [0.2, 0.25) is 5.91 Å². The molecular weight excluding hydrogens is 302 g/mol. The Labute approximate surface area is 137 Å². The van der Waals surface area contributed by atoms with E-state index in [4.69, 9.17) is 16.3 Å². The topological polar surface area (TPSA) is 53.6 Å². The molecular formula is C16H24ClN3O2. The fourth-order valence-corrected chi connectivity index (χ4v) is 2.70.